The number of imide groups is 1. The Morgan fingerprint density at radius 3 is 2.42 bits per heavy atom. The molecule has 1 saturated heterocycles. The highest BCUT2D eigenvalue weighted by Crippen LogP contribution is 2.44. The van der Waals surface area contributed by atoms with Gasteiger partial charge in [-0.25, -0.2) is 13.8 Å². The Balaban J connectivity index is 1.23. The molecule has 4 aliphatic rings. The van der Waals surface area contributed by atoms with Crippen LogP contribution in [0, 0.1) is 5.82 Å². The average molecular weight is 680 g/mol. The molecule has 1 fully saturated rings. The number of hydrogen-bond donors (Lipinski definition) is 0. The SMILES string of the molecule is C[N+]1=c2cc3c(cc2CCC1)=C(c1ccc(F)cc1C(=O)[O-])c1cc2c(cc1C3(C)C)N(CCCCCC(=O)ON1C(=O)CCC1=O)CCC2. The zero-order valence-corrected chi connectivity index (χ0v) is 28.9. The maximum Gasteiger partial charge on any atom is 0.333 e. The average Bonchev–Trinajstić information content (AvgIpc) is 3.40. The fraction of sp³-hybridized carbons (Fsp3) is 0.425. The van der Waals surface area contributed by atoms with Gasteiger partial charge in [0.15, 0.2) is 0 Å². The first-order valence-electron chi connectivity index (χ1n) is 17.7. The molecule has 10 heteroatoms. The first-order valence-corrected chi connectivity index (χ1v) is 17.7. The Labute approximate surface area is 290 Å². The molecule has 0 bridgehead atoms. The van der Waals surface area contributed by atoms with E-state index in [2.05, 4.69) is 54.6 Å². The molecule has 0 radical (unpaired) electrons. The van der Waals surface area contributed by atoms with Crippen molar-refractivity contribution in [2.75, 3.05) is 31.6 Å². The van der Waals surface area contributed by atoms with Crippen LogP contribution >= 0.6 is 0 Å². The van der Waals surface area contributed by atoms with E-state index in [1.54, 1.807) is 6.07 Å². The number of carboxylic acids is 1. The summed E-state index contributed by atoms with van der Waals surface area (Å²) in [4.78, 5) is 55.6. The lowest BCUT2D eigenvalue weighted by molar-refractivity contribution is -0.255. The minimum Gasteiger partial charge on any atom is -0.545 e. The summed E-state index contributed by atoms with van der Waals surface area (Å²) in [6.07, 6.45) is 6.29. The largest absolute Gasteiger partial charge is 0.545 e. The lowest BCUT2D eigenvalue weighted by Crippen LogP contribution is -2.42. The molecule has 3 aromatic carbocycles. The van der Waals surface area contributed by atoms with Crippen molar-refractivity contribution in [2.24, 2.45) is 0 Å². The van der Waals surface area contributed by atoms with Gasteiger partial charge in [0.2, 0.25) is 5.36 Å². The van der Waals surface area contributed by atoms with Gasteiger partial charge in [0.1, 0.15) is 19.4 Å². The number of anilines is 1. The summed E-state index contributed by atoms with van der Waals surface area (Å²) >= 11 is 0. The Kier molecular flexibility index (Phi) is 8.82. The fourth-order valence-electron chi connectivity index (χ4n) is 8.24. The maximum atomic E-state index is 14.5. The number of benzene rings is 3. The number of carbonyl (C=O) groups is 4. The van der Waals surface area contributed by atoms with Crippen molar-refractivity contribution in [3.8, 4) is 0 Å². The Morgan fingerprint density at radius 1 is 0.900 bits per heavy atom. The molecule has 3 aromatic rings. The van der Waals surface area contributed by atoms with Gasteiger partial charge in [0.25, 0.3) is 11.8 Å². The van der Waals surface area contributed by atoms with Gasteiger partial charge in [-0.15, -0.1) is 5.06 Å². The van der Waals surface area contributed by atoms with Crippen LogP contribution < -0.4 is 25.2 Å². The van der Waals surface area contributed by atoms with Crippen LogP contribution in [0.2, 0.25) is 0 Å². The second kappa shape index (κ2) is 13.1. The van der Waals surface area contributed by atoms with E-state index in [0.717, 1.165) is 97.4 Å². The van der Waals surface area contributed by atoms with Crippen molar-refractivity contribution in [1.29, 1.82) is 0 Å². The zero-order valence-electron chi connectivity index (χ0n) is 28.9. The van der Waals surface area contributed by atoms with Gasteiger partial charge in [-0.3, -0.25) is 9.59 Å². The highest BCUT2D eigenvalue weighted by molar-refractivity contribution is 6.01. The van der Waals surface area contributed by atoms with Crippen LogP contribution in [-0.4, -0.2) is 55.5 Å². The van der Waals surface area contributed by atoms with Crippen molar-refractivity contribution in [3.63, 3.8) is 0 Å². The van der Waals surface area contributed by atoms with E-state index in [1.807, 2.05) is 0 Å². The molecular formula is C40H42FN3O6. The number of fused-ring (bicyclic) bond motifs is 4. The molecule has 3 aliphatic heterocycles. The van der Waals surface area contributed by atoms with Crippen molar-refractivity contribution in [1.82, 2.24) is 9.64 Å². The summed E-state index contributed by atoms with van der Waals surface area (Å²) in [5, 5.41) is 15.2. The fourth-order valence-corrected chi connectivity index (χ4v) is 8.24. The predicted octanol–water partition coefficient (Wildman–Crippen LogP) is 3.06. The summed E-state index contributed by atoms with van der Waals surface area (Å²) in [7, 11) is 2.11. The van der Waals surface area contributed by atoms with E-state index in [4.69, 9.17) is 4.84 Å². The number of aryl methyl sites for hydroxylation is 2. The summed E-state index contributed by atoms with van der Waals surface area (Å²) in [6, 6.07) is 13.0. The Morgan fingerprint density at radius 2 is 1.66 bits per heavy atom. The third-order valence-electron chi connectivity index (χ3n) is 10.9. The maximum absolute atomic E-state index is 14.5. The molecule has 9 nitrogen and oxygen atoms in total. The molecule has 3 heterocycles. The minimum atomic E-state index is -1.41. The van der Waals surface area contributed by atoms with Gasteiger partial charge in [0, 0.05) is 67.1 Å². The van der Waals surface area contributed by atoms with Gasteiger partial charge in [-0.1, -0.05) is 26.3 Å². The molecule has 0 saturated carbocycles. The lowest BCUT2D eigenvalue weighted by atomic mass is 9.67. The third kappa shape index (κ3) is 5.98. The van der Waals surface area contributed by atoms with E-state index in [0.29, 0.717) is 17.0 Å². The number of unbranched alkanes of at least 4 members (excludes halogenated alkanes) is 2. The van der Waals surface area contributed by atoms with Crippen molar-refractivity contribution >= 4 is 35.0 Å². The van der Waals surface area contributed by atoms with Gasteiger partial charge in [0.05, 0.1) is 5.97 Å². The predicted molar refractivity (Wildman–Crippen MR) is 183 cm³/mol. The molecule has 1 aliphatic carbocycles. The van der Waals surface area contributed by atoms with Crippen molar-refractivity contribution < 1.29 is 33.5 Å². The second-order valence-electron chi connectivity index (χ2n) is 14.5. The van der Waals surface area contributed by atoms with Gasteiger partial charge in [-0.2, -0.15) is 0 Å². The highest BCUT2D eigenvalue weighted by atomic mass is 19.1. The van der Waals surface area contributed by atoms with Gasteiger partial charge >= 0.3 is 5.97 Å². The van der Waals surface area contributed by atoms with Crippen LogP contribution in [-0.2, 0) is 37.5 Å². The van der Waals surface area contributed by atoms with Gasteiger partial charge < -0.3 is 19.6 Å². The highest BCUT2D eigenvalue weighted by Gasteiger charge is 2.37. The number of amides is 2. The number of rotatable bonds is 9. The second-order valence-corrected chi connectivity index (χ2v) is 14.5. The minimum absolute atomic E-state index is 0.0715. The topological polar surface area (TPSA) is 110 Å². The quantitative estimate of drug-likeness (QED) is 0.194. The first-order chi connectivity index (χ1) is 23.9. The van der Waals surface area contributed by atoms with E-state index >= 15 is 0 Å². The van der Waals surface area contributed by atoms with Crippen LogP contribution in [0.5, 0.6) is 0 Å². The zero-order chi connectivity index (χ0) is 35.3. The van der Waals surface area contributed by atoms with E-state index in [-0.39, 0.29) is 24.8 Å². The number of aromatic carboxylic acids is 1. The van der Waals surface area contributed by atoms with Crippen LogP contribution in [0.15, 0.2) is 42.5 Å². The molecule has 0 atom stereocenters. The normalized spacial score (nSPS) is 17.7. The molecule has 0 unspecified atom stereocenters. The van der Waals surface area contributed by atoms with Crippen LogP contribution in [0.3, 0.4) is 0 Å². The van der Waals surface area contributed by atoms with Crippen molar-refractivity contribution in [3.05, 3.63) is 97.8 Å². The number of hydrogen-bond acceptors (Lipinski definition) is 7. The van der Waals surface area contributed by atoms with E-state index < -0.39 is 35.0 Å². The van der Waals surface area contributed by atoms with E-state index in [9.17, 15) is 28.7 Å². The van der Waals surface area contributed by atoms with Crippen LogP contribution in [0.1, 0.15) is 109 Å². The molecule has 7 rings (SSSR count). The monoisotopic (exact) mass is 679 g/mol. The number of carboxylic acid groups (broad SMARTS) is 1. The molecule has 0 spiro atoms. The first kappa shape index (κ1) is 33.6. The van der Waals surface area contributed by atoms with E-state index in [1.165, 1.54) is 22.6 Å². The molecule has 0 aromatic heterocycles. The van der Waals surface area contributed by atoms with Crippen molar-refractivity contribution in [2.45, 2.75) is 83.5 Å². The summed E-state index contributed by atoms with van der Waals surface area (Å²) < 4.78 is 16.8. The Bertz CT molecular complexity index is 2070. The summed E-state index contributed by atoms with van der Waals surface area (Å²) in [5.74, 6) is -3.56. The number of nitrogens with zero attached hydrogens (tertiary/aromatic N) is 3. The third-order valence-corrected chi connectivity index (χ3v) is 10.9. The smallest absolute Gasteiger partial charge is 0.333 e. The van der Waals surface area contributed by atoms with Crippen LogP contribution in [0.4, 0.5) is 10.1 Å². The molecule has 260 valence electrons. The van der Waals surface area contributed by atoms with Crippen LogP contribution in [0.25, 0.3) is 5.57 Å². The summed E-state index contributed by atoms with van der Waals surface area (Å²) in [6.45, 7) is 7.10. The number of carbonyl (C=O) groups excluding carboxylic acids is 4. The molecule has 0 N–H and O–H groups in total. The lowest BCUT2D eigenvalue weighted by Gasteiger charge is -2.39. The molecular weight excluding hydrogens is 637 g/mol. The molecule has 50 heavy (non-hydrogen) atoms. The summed E-state index contributed by atoms with van der Waals surface area (Å²) in [5.41, 5.74) is 7.41. The molecule has 2 amide bonds. The van der Waals surface area contributed by atoms with Gasteiger partial charge in [-0.05, 0) is 101 Å². The Hall–Kier alpha value is -4.86. The number of halogens is 1. The number of hydroxylamine groups is 2. The standard InChI is InChI=1S/C40H42FN3O6/c1-40(2)31-22-33-24(9-7-16-42(33)3)19-29(31)38(27-13-12-26(41)21-28(27)39(48)49)30-20-25-10-8-18-43(34(25)23-32(30)40)17-6-4-5-11-37(47)50-44-35(45)14-15-36(44)46/h12-13,19-23H,4-11,14-18H2,1-3H3.